The Morgan fingerprint density at radius 2 is 1.86 bits per heavy atom. The molecule has 0 fully saturated rings. The van der Waals surface area contributed by atoms with E-state index in [1.165, 1.54) is 0 Å². The summed E-state index contributed by atoms with van der Waals surface area (Å²) in [6.45, 7) is 9.96. The van der Waals surface area contributed by atoms with Gasteiger partial charge in [-0.1, -0.05) is 38.0 Å². The van der Waals surface area contributed by atoms with Crippen molar-refractivity contribution >= 4 is 24.8 Å². The minimum absolute atomic E-state index is 0. The molecular weight excluding hydrogens is 319 g/mol. The van der Waals surface area contributed by atoms with Gasteiger partial charge in [-0.2, -0.15) is 0 Å². The van der Waals surface area contributed by atoms with Gasteiger partial charge in [0, 0.05) is 12.1 Å². The third kappa shape index (κ3) is 9.17. The molecule has 0 aliphatic rings. The first kappa shape index (κ1) is 23.3. The van der Waals surface area contributed by atoms with Crippen molar-refractivity contribution in [2.24, 2.45) is 0 Å². The van der Waals surface area contributed by atoms with E-state index in [0.717, 1.165) is 50.5 Å². The molecule has 3 nitrogen and oxygen atoms in total. The second kappa shape index (κ2) is 15.0. The topological polar surface area (TPSA) is 24.5 Å². The van der Waals surface area contributed by atoms with Crippen molar-refractivity contribution in [3.63, 3.8) is 0 Å². The molecule has 0 spiro atoms. The maximum Gasteiger partial charge on any atom is 0.148 e. The van der Waals surface area contributed by atoms with E-state index in [0.29, 0.717) is 6.61 Å². The van der Waals surface area contributed by atoms with Crippen LogP contribution in [0.25, 0.3) is 0 Å². The smallest absolute Gasteiger partial charge is 0.148 e. The van der Waals surface area contributed by atoms with Crippen LogP contribution in [0.4, 0.5) is 0 Å². The van der Waals surface area contributed by atoms with Crippen molar-refractivity contribution in [3.05, 3.63) is 29.8 Å². The lowest BCUT2D eigenvalue weighted by Crippen LogP contribution is -2.27. The zero-order valence-corrected chi connectivity index (χ0v) is 15.1. The number of halogens is 2. The Morgan fingerprint density at radius 3 is 2.50 bits per heavy atom. The molecule has 0 atom stereocenters. The average Bonchev–Trinajstić information content (AvgIpc) is 2.50. The van der Waals surface area contributed by atoms with Gasteiger partial charge < -0.3 is 15.0 Å². The van der Waals surface area contributed by atoms with E-state index < -0.39 is 0 Å². The summed E-state index contributed by atoms with van der Waals surface area (Å²) in [6, 6.07) is 8.03. The molecule has 0 unspecified atom stereocenters. The van der Waals surface area contributed by atoms with Crippen LogP contribution in [0.2, 0.25) is 0 Å². The maximum atomic E-state index is 5.53. The molecular formula is C17H28Cl2N2O. The normalized spacial score (nSPS) is 9.55. The summed E-state index contributed by atoms with van der Waals surface area (Å²) >= 11 is 0. The monoisotopic (exact) mass is 346 g/mol. The molecule has 0 saturated carbocycles. The van der Waals surface area contributed by atoms with Crippen LogP contribution in [-0.4, -0.2) is 37.7 Å². The fourth-order valence-corrected chi connectivity index (χ4v) is 2.10. The first-order valence-electron chi connectivity index (χ1n) is 7.39. The largest absolute Gasteiger partial charge is 0.481 e. The predicted molar refractivity (Wildman–Crippen MR) is 99.4 cm³/mol. The molecule has 0 aromatic heterocycles. The van der Waals surface area contributed by atoms with E-state index in [4.69, 9.17) is 11.2 Å². The molecule has 0 aliphatic carbocycles. The number of nitrogens with zero attached hydrogens (tertiary/aromatic N) is 1. The van der Waals surface area contributed by atoms with Gasteiger partial charge in [0.2, 0.25) is 0 Å². The lowest BCUT2D eigenvalue weighted by molar-refractivity contribution is 0.297. The van der Waals surface area contributed by atoms with Crippen LogP contribution < -0.4 is 10.1 Å². The number of benzene rings is 1. The number of hydrogen-bond acceptors (Lipinski definition) is 3. The van der Waals surface area contributed by atoms with Crippen molar-refractivity contribution in [3.8, 4) is 18.1 Å². The number of hydrogen-bond donors (Lipinski definition) is 1. The summed E-state index contributed by atoms with van der Waals surface area (Å²) in [5, 5.41) is 3.46. The second-order valence-electron chi connectivity index (χ2n) is 4.66. The summed E-state index contributed by atoms with van der Waals surface area (Å²) < 4.78 is 5.53. The first-order valence-corrected chi connectivity index (χ1v) is 7.39. The van der Waals surface area contributed by atoms with E-state index in [2.05, 4.69) is 36.1 Å². The summed E-state index contributed by atoms with van der Waals surface area (Å²) in [5.74, 6) is 3.37. The Morgan fingerprint density at radius 1 is 1.18 bits per heavy atom. The van der Waals surface area contributed by atoms with Gasteiger partial charge >= 0.3 is 0 Å². The summed E-state index contributed by atoms with van der Waals surface area (Å²) in [4.78, 5) is 2.44. The van der Waals surface area contributed by atoms with Crippen LogP contribution in [-0.2, 0) is 6.54 Å². The van der Waals surface area contributed by atoms with Crippen LogP contribution in [0.15, 0.2) is 24.3 Å². The van der Waals surface area contributed by atoms with Gasteiger partial charge in [-0.25, -0.2) is 0 Å². The Hall–Kier alpha value is -0.920. The third-order valence-electron chi connectivity index (χ3n) is 3.32. The Bertz CT molecular complexity index is 417. The van der Waals surface area contributed by atoms with Gasteiger partial charge in [0.15, 0.2) is 0 Å². The highest BCUT2D eigenvalue weighted by Crippen LogP contribution is 2.17. The van der Waals surface area contributed by atoms with Gasteiger partial charge in [0.05, 0.1) is 0 Å². The number of nitrogens with one attached hydrogen (secondary N) is 1. The number of para-hydroxylation sites is 1. The van der Waals surface area contributed by atoms with Crippen molar-refractivity contribution in [1.29, 1.82) is 0 Å². The molecule has 22 heavy (non-hydrogen) atoms. The first-order chi connectivity index (χ1) is 9.81. The zero-order chi connectivity index (χ0) is 14.6. The minimum atomic E-state index is 0. The highest BCUT2D eigenvalue weighted by Gasteiger charge is 2.02. The van der Waals surface area contributed by atoms with Gasteiger partial charge in [-0.15, -0.1) is 31.2 Å². The Balaban J connectivity index is 0. The van der Waals surface area contributed by atoms with Crippen LogP contribution in [0, 0.1) is 12.3 Å². The molecule has 0 heterocycles. The highest BCUT2D eigenvalue weighted by molar-refractivity contribution is 5.85. The minimum Gasteiger partial charge on any atom is -0.481 e. The van der Waals surface area contributed by atoms with E-state index in [-0.39, 0.29) is 24.8 Å². The summed E-state index contributed by atoms with van der Waals surface area (Å²) in [7, 11) is 0. The molecule has 0 amide bonds. The molecule has 1 aromatic rings. The molecule has 1 aromatic carbocycles. The number of rotatable bonds is 10. The van der Waals surface area contributed by atoms with Gasteiger partial charge in [0.1, 0.15) is 12.4 Å². The maximum absolute atomic E-state index is 5.53. The van der Waals surface area contributed by atoms with Gasteiger partial charge in [0.25, 0.3) is 0 Å². The molecule has 0 saturated heterocycles. The quantitative estimate of drug-likeness (QED) is 0.519. The molecule has 0 aliphatic heterocycles. The lowest BCUT2D eigenvalue weighted by Gasteiger charge is -2.17. The second-order valence-corrected chi connectivity index (χ2v) is 4.66. The molecule has 1 rings (SSSR count). The van der Waals surface area contributed by atoms with Crippen LogP contribution in [0.3, 0.4) is 0 Å². The summed E-state index contributed by atoms with van der Waals surface area (Å²) in [5.41, 5.74) is 1.16. The van der Waals surface area contributed by atoms with Crippen molar-refractivity contribution in [1.82, 2.24) is 10.2 Å². The molecule has 0 bridgehead atoms. The third-order valence-corrected chi connectivity index (χ3v) is 3.32. The fourth-order valence-electron chi connectivity index (χ4n) is 2.10. The molecule has 126 valence electrons. The Kier molecular flexibility index (Phi) is 15.9. The molecule has 1 N–H and O–H groups in total. The lowest BCUT2D eigenvalue weighted by atomic mass is 10.2. The van der Waals surface area contributed by atoms with Gasteiger partial charge in [-0.05, 0) is 38.7 Å². The van der Waals surface area contributed by atoms with Crippen molar-refractivity contribution in [2.75, 3.05) is 32.8 Å². The average molecular weight is 347 g/mol. The van der Waals surface area contributed by atoms with E-state index >= 15 is 0 Å². The van der Waals surface area contributed by atoms with Crippen molar-refractivity contribution in [2.45, 2.75) is 26.8 Å². The summed E-state index contributed by atoms with van der Waals surface area (Å²) in [6.07, 6.45) is 6.39. The molecule has 0 radical (unpaired) electrons. The fraction of sp³-hybridized carbons (Fsp3) is 0.529. The van der Waals surface area contributed by atoms with Gasteiger partial charge in [-0.3, -0.25) is 0 Å². The van der Waals surface area contributed by atoms with E-state index in [1.807, 2.05) is 18.2 Å². The van der Waals surface area contributed by atoms with Crippen molar-refractivity contribution < 1.29 is 4.74 Å². The van der Waals surface area contributed by atoms with E-state index in [9.17, 15) is 0 Å². The highest BCUT2D eigenvalue weighted by atomic mass is 35.5. The standard InChI is InChI=1S/C17H26N2O.2ClH/c1-4-14-20-17-11-8-7-10-16(17)15-18-12-9-13-19(5-2)6-3;;/h1,7-8,10-11,18H,5-6,9,12-15H2,2-3H3;2*1H. The Labute approximate surface area is 147 Å². The number of terminal acetylenes is 1. The SMILES string of the molecule is C#CCOc1ccccc1CNCCCN(CC)CC.Cl.Cl. The van der Waals surface area contributed by atoms with E-state index in [1.54, 1.807) is 0 Å². The van der Waals surface area contributed by atoms with Crippen LogP contribution in [0.1, 0.15) is 25.8 Å². The van der Waals surface area contributed by atoms with Crippen LogP contribution >= 0.6 is 24.8 Å². The zero-order valence-electron chi connectivity index (χ0n) is 13.5. The van der Waals surface area contributed by atoms with Crippen LogP contribution in [0.5, 0.6) is 5.75 Å². The number of ether oxygens (including phenoxy) is 1. The predicted octanol–water partition coefficient (Wildman–Crippen LogP) is 3.36. The molecule has 5 heteroatoms.